The molecule has 3 aromatic rings. The van der Waals surface area contributed by atoms with Crippen molar-refractivity contribution in [3.63, 3.8) is 0 Å². The summed E-state index contributed by atoms with van der Waals surface area (Å²) in [6.07, 6.45) is 1.59. The van der Waals surface area contributed by atoms with E-state index in [1.807, 2.05) is 24.3 Å². The number of nitrogens with one attached hydrogen (secondary N) is 2. The first-order valence-electron chi connectivity index (χ1n) is 9.99. The molecule has 0 aromatic heterocycles. The molecule has 2 N–H and O–H groups in total. The molecule has 0 saturated heterocycles. The molecule has 0 atom stereocenters. The van der Waals surface area contributed by atoms with Gasteiger partial charge in [0.2, 0.25) is 0 Å². The summed E-state index contributed by atoms with van der Waals surface area (Å²) in [5, 5.41) is 2.89. The molecular weight excluding hydrogens is 412 g/mol. The summed E-state index contributed by atoms with van der Waals surface area (Å²) < 4.78 is 33.0. The number of sulfonamides is 1. The van der Waals surface area contributed by atoms with E-state index in [1.165, 1.54) is 12.1 Å². The first kappa shape index (κ1) is 22.4. The van der Waals surface area contributed by atoms with Crippen molar-refractivity contribution in [1.29, 1.82) is 0 Å². The van der Waals surface area contributed by atoms with Crippen LogP contribution in [0.3, 0.4) is 0 Å². The van der Waals surface area contributed by atoms with Crippen LogP contribution >= 0.6 is 0 Å². The molecule has 0 unspecified atom stereocenters. The van der Waals surface area contributed by atoms with Crippen LogP contribution in [0, 0.1) is 6.92 Å². The Morgan fingerprint density at radius 1 is 0.968 bits per heavy atom. The Kier molecular flexibility index (Phi) is 7.31. The Balaban J connectivity index is 1.60. The summed E-state index contributed by atoms with van der Waals surface area (Å²) >= 11 is 0. The minimum absolute atomic E-state index is 0.168. The number of hydrogen-bond acceptors (Lipinski definition) is 4. The van der Waals surface area contributed by atoms with E-state index in [0.29, 0.717) is 17.8 Å². The van der Waals surface area contributed by atoms with Gasteiger partial charge in [-0.1, -0.05) is 36.4 Å². The van der Waals surface area contributed by atoms with Crippen LogP contribution in [0.4, 0.5) is 5.69 Å². The van der Waals surface area contributed by atoms with E-state index in [2.05, 4.69) is 10.0 Å². The Morgan fingerprint density at radius 3 is 2.48 bits per heavy atom. The van der Waals surface area contributed by atoms with Crippen molar-refractivity contribution >= 4 is 21.6 Å². The maximum atomic E-state index is 12.6. The highest BCUT2D eigenvalue weighted by Gasteiger charge is 2.16. The summed E-state index contributed by atoms with van der Waals surface area (Å²) in [6, 6.07) is 20.9. The molecule has 162 valence electrons. The van der Waals surface area contributed by atoms with Gasteiger partial charge in [0, 0.05) is 12.1 Å². The fourth-order valence-corrected chi connectivity index (χ4v) is 4.24. The van der Waals surface area contributed by atoms with Gasteiger partial charge < -0.3 is 10.1 Å². The van der Waals surface area contributed by atoms with Crippen molar-refractivity contribution in [2.24, 2.45) is 0 Å². The van der Waals surface area contributed by atoms with Gasteiger partial charge in [0.25, 0.3) is 15.9 Å². The molecule has 0 aliphatic heterocycles. The van der Waals surface area contributed by atoms with Gasteiger partial charge in [0.05, 0.1) is 17.7 Å². The molecule has 0 heterocycles. The molecule has 3 aromatic carbocycles. The third-order valence-electron chi connectivity index (χ3n) is 4.86. The summed E-state index contributed by atoms with van der Waals surface area (Å²) in [7, 11) is -2.09. The third kappa shape index (κ3) is 6.08. The number of amides is 1. The molecule has 0 spiro atoms. The van der Waals surface area contributed by atoms with E-state index in [9.17, 15) is 13.2 Å². The molecule has 0 aliphatic rings. The Bertz CT molecular complexity index is 1150. The average molecular weight is 439 g/mol. The lowest BCUT2D eigenvalue weighted by Gasteiger charge is -2.12. The summed E-state index contributed by atoms with van der Waals surface area (Å²) in [5.41, 5.74) is 2.65. The van der Waals surface area contributed by atoms with Crippen molar-refractivity contribution in [3.05, 3.63) is 89.5 Å². The van der Waals surface area contributed by atoms with E-state index >= 15 is 0 Å². The minimum atomic E-state index is -3.73. The maximum absolute atomic E-state index is 12.6. The first-order chi connectivity index (χ1) is 14.9. The molecule has 3 rings (SSSR count). The monoisotopic (exact) mass is 438 g/mol. The van der Waals surface area contributed by atoms with E-state index in [4.69, 9.17) is 4.74 Å². The fraction of sp³-hybridized carbons (Fsp3) is 0.208. The highest BCUT2D eigenvalue weighted by Crippen LogP contribution is 2.21. The van der Waals surface area contributed by atoms with Crippen LogP contribution < -0.4 is 14.8 Å². The van der Waals surface area contributed by atoms with Crippen molar-refractivity contribution in [2.45, 2.75) is 24.7 Å². The third-order valence-corrected chi connectivity index (χ3v) is 6.24. The topological polar surface area (TPSA) is 84.5 Å². The molecule has 1 amide bonds. The van der Waals surface area contributed by atoms with E-state index in [-0.39, 0.29) is 10.8 Å². The predicted octanol–water partition coefficient (Wildman–Crippen LogP) is 4.17. The largest absolute Gasteiger partial charge is 0.497 e. The normalized spacial score (nSPS) is 11.0. The molecule has 7 heteroatoms. The molecule has 31 heavy (non-hydrogen) atoms. The smallest absolute Gasteiger partial charge is 0.261 e. The summed E-state index contributed by atoms with van der Waals surface area (Å²) in [4.78, 5) is 12.7. The molecule has 0 bridgehead atoms. The number of carbonyl (C=O) groups excluding carboxylic acids is 1. The predicted molar refractivity (Wildman–Crippen MR) is 122 cm³/mol. The van der Waals surface area contributed by atoms with Crippen molar-refractivity contribution in [2.75, 3.05) is 18.4 Å². The van der Waals surface area contributed by atoms with E-state index in [1.54, 1.807) is 50.4 Å². The maximum Gasteiger partial charge on any atom is 0.261 e. The van der Waals surface area contributed by atoms with Crippen LogP contribution in [0.15, 0.2) is 77.7 Å². The van der Waals surface area contributed by atoms with Crippen molar-refractivity contribution in [3.8, 4) is 5.75 Å². The second-order valence-corrected chi connectivity index (χ2v) is 8.84. The average Bonchev–Trinajstić information content (AvgIpc) is 2.78. The summed E-state index contributed by atoms with van der Waals surface area (Å²) in [6.45, 7) is 2.30. The number of aryl methyl sites for hydroxylation is 2. The van der Waals surface area contributed by atoms with Gasteiger partial charge in [0.15, 0.2) is 0 Å². The zero-order chi connectivity index (χ0) is 22.3. The second-order valence-electron chi connectivity index (χ2n) is 7.16. The molecule has 0 saturated carbocycles. The first-order valence-corrected chi connectivity index (χ1v) is 11.5. The van der Waals surface area contributed by atoms with Crippen LogP contribution in [-0.2, 0) is 16.4 Å². The number of methoxy groups -OCH3 is 1. The highest BCUT2D eigenvalue weighted by atomic mass is 32.2. The lowest BCUT2D eigenvalue weighted by Crippen LogP contribution is -2.25. The van der Waals surface area contributed by atoms with Gasteiger partial charge in [0.1, 0.15) is 5.75 Å². The van der Waals surface area contributed by atoms with Gasteiger partial charge in [-0.15, -0.1) is 0 Å². The molecular formula is C24H26N2O4S. The SMILES string of the molecule is COc1cccc(CCCNC(=O)c2ccc(C)c(NS(=O)(=O)c3ccccc3)c2)c1. The van der Waals surface area contributed by atoms with Crippen molar-refractivity contribution in [1.82, 2.24) is 5.32 Å². The standard InChI is InChI=1S/C24H26N2O4S/c1-18-13-14-20(17-23(18)26-31(28,29)22-11-4-3-5-12-22)24(27)25-15-7-9-19-8-6-10-21(16-19)30-2/h3-6,8,10-14,16-17,26H,7,9,15H2,1-2H3,(H,25,27). The number of carbonyl (C=O) groups is 1. The van der Waals surface area contributed by atoms with Gasteiger partial charge >= 0.3 is 0 Å². The van der Waals surface area contributed by atoms with Crippen LogP contribution in [0.2, 0.25) is 0 Å². The molecule has 0 radical (unpaired) electrons. The molecule has 0 aliphatic carbocycles. The molecule has 6 nitrogen and oxygen atoms in total. The van der Waals surface area contributed by atoms with Crippen LogP contribution in [0.1, 0.15) is 27.9 Å². The number of hydrogen-bond donors (Lipinski definition) is 2. The number of rotatable bonds is 9. The zero-order valence-corrected chi connectivity index (χ0v) is 18.4. The quantitative estimate of drug-likeness (QED) is 0.491. The molecule has 0 fully saturated rings. The lowest BCUT2D eigenvalue weighted by molar-refractivity contribution is 0.0953. The lowest BCUT2D eigenvalue weighted by atomic mass is 10.1. The minimum Gasteiger partial charge on any atom is -0.497 e. The van der Waals surface area contributed by atoms with Crippen LogP contribution in [0.5, 0.6) is 5.75 Å². The van der Waals surface area contributed by atoms with Gasteiger partial charge in [-0.2, -0.15) is 0 Å². The van der Waals surface area contributed by atoms with Gasteiger partial charge in [-0.25, -0.2) is 8.42 Å². The number of anilines is 1. The van der Waals surface area contributed by atoms with E-state index in [0.717, 1.165) is 29.7 Å². The number of benzene rings is 3. The van der Waals surface area contributed by atoms with Crippen molar-refractivity contribution < 1.29 is 17.9 Å². The highest BCUT2D eigenvalue weighted by molar-refractivity contribution is 7.92. The Hall–Kier alpha value is -3.32. The Labute approximate surface area is 183 Å². The van der Waals surface area contributed by atoms with Gasteiger partial charge in [-0.3, -0.25) is 9.52 Å². The van der Waals surface area contributed by atoms with Crippen LogP contribution in [0.25, 0.3) is 0 Å². The number of ether oxygens (including phenoxy) is 1. The van der Waals surface area contributed by atoms with Gasteiger partial charge in [-0.05, 0) is 67.3 Å². The second kappa shape index (κ2) is 10.1. The fourth-order valence-electron chi connectivity index (χ4n) is 3.10. The van der Waals surface area contributed by atoms with E-state index < -0.39 is 10.0 Å². The summed E-state index contributed by atoms with van der Waals surface area (Å²) in [5.74, 6) is 0.567. The Morgan fingerprint density at radius 2 is 1.74 bits per heavy atom. The van der Waals surface area contributed by atoms with Crippen LogP contribution in [-0.4, -0.2) is 28.0 Å². The zero-order valence-electron chi connectivity index (χ0n) is 17.6.